The second kappa shape index (κ2) is 12.8. The molecule has 0 aromatic heterocycles. The number of methoxy groups -OCH3 is 2. The van der Waals surface area contributed by atoms with Gasteiger partial charge in [-0.2, -0.15) is 0 Å². The Morgan fingerprint density at radius 2 is 1.50 bits per heavy atom. The molecule has 0 aliphatic rings. The topological polar surface area (TPSA) is 75.3 Å². The summed E-state index contributed by atoms with van der Waals surface area (Å²) < 4.78 is 27.7. The lowest BCUT2D eigenvalue weighted by Gasteiger charge is -2.13. The number of benzene rings is 3. The van der Waals surface area contributed by atoms with Crippen LogP contribution in [0, 0.1) is 0 Å². The molecule has 3 aromatic rings. The highest BCUT2D eigenvalue weighted by atomic mass is 16.5. The molecule has 1 amide bonds. The van der Waals surface area contributed by atoms with Crippen molar-refractivity contribution in [2.45, 2.75) is 6.92 Å². The molecule has 0 fully saturated rings. The van der Waals surface area contributed by atoms with Crippen molar-refractivity contribution in [2.75, 3.05) is 39.4 Å². The molecule has 7 nitrogen and oxygen atoms in total. The maximum atomic E-state index is 12.4. The van der Waals surface area contributed by atoms with Gasteiger partial charge in [0, 0.05) is 30.0 Å². The van der Waals surface area contributed by atoms with Gasteiger partial charge >= 0.3 is 0 Å². The van der Waals surface area contributed by atoms with Crippen LogP contribution in [0.5, 0.6) is 28.7 Å². The standard InChI is InChI=1S/C27H29NO6/c1-4-32-26-16-20(10-12-25(26)34-15-14-33-22-8-6-5-7-9-22)11-13-27(29)28-21-17-23(30-2)19-24(18-21)31-3/h5-13,16-19H,4,14-15H2,1-3H3,(H,28,29)/b13-11+. The molecule has 3 rings (SSSR count). The lowest BCUT2D eigenvalue weighted by molar-refractivity contribution is -0.111. The molecule has 0 heterocycles. The predicted octanol–water partition coefficient (Wildman–Crippen LogP) is 5.21. The minimum absolute atomic E-state index is 0.286. The van der Waals surface area contributed by atoms with Crippen molar-refractivity contribution in [3.8, 4) is 28.7 Å². The quantitative estimate of drug-likeness (QED) is 0.294. The summed E-state index contributed by atoms with van der Waals surface area (Å²) in [6.07, 6.45) is 3.16. The Labute approximate surface area is 199 Å². The van der Waals surface area contributed by atoms with Crippen molar-refractivity contribution in [3.63, 3.8) is 0 Å². The predicted molar refractivity (Wildman–Crippen MR) is 132 cm³/mol. The van der Waals surface area contributed by atoms with Gasteiger partial charge in [-0.1, -0.05) is 24.3 Å². The Kier molecular flexibility index (Phi) is 9.22. The maximum Gasteiger partial charge on any atom is 0.248 e. The number of anilines is 1. The van der Waals surface area contributed by atoms with Gasteiger partial charge in [0.1, 0.15) is 30.5 Å². The van der Waals surface area contributed by atoms with Crippen LogP contribution in [0.25, 0.3) is 6.08 Å². The first-order chi connectivity index (χ1) is 16.6. The summed E-state index contributed by atoms with van der Waals surface area (Å²) in [5.74, 6) is 2.90. The smallest absolute Gasteiger partial charge is 0.248 e. The fourth-order valence-corrected chi connectivity index (χ4v) is 3.08. The third kappa shape index (κ3) is 7.48. The molecule has 3 aromatic carbocycles. The van der Waals surface area contributed by atoms with Gasteiger partial charge in [0.25, 0.3) is 0 Å². The van der Waals surface area contributed by atoms with Crippen LogP contribution >= 0.6 is 0 Å². The number of carbonyl (C=O) groups excluding carboxylic acids is 1. The van der Waals surface area contributed by atoms with Crippen molar-refractivity contribution >= 4 is 17.7 Å². The van der Waals surface area contributed by atoms with Gasteiger partial charge in [-0.3, -0.25) is 4.79 Å². The summed E-state index contributed by atoms with van der Waals surface area (Å²) in [6, 6.07) is 20.2. The average molecular weight is 464 g/mol. The highest BCUT2D eigenvalue weighted by Gasteiger charge is 2.07. The van der Waals surface area contributed by atoms with Crippen molar-refractivity contribution in [3.05, 3.63) is 78.4 Å². The molecule has 34 heavy (non-hydrogen) atoms. The molecule has 1 N–H and O–H groups in total. The largest absolute Gasteiger partial charge is 0.497 e. The van der Waals surface area contributed by atoms with E-state index in [0.29, 0.717) is 48.5 Å². The highest BCUT2D eigenvalue weighted by Crippen LogP contribution is 2.29. The molecular weight excluding hydrogens is 434 g/mol. The van der Waals surface area contributed by atoms with Gasteiger partial charge in [0.05, 0.1) is 20.8 Å². The summed E-state index contributed by atoms with van der Waals surface area (Å²) in [7, 11) is 3.11. The van der Waals surface area contributed by atoms with Crippen molar-refractivity contribution in [2.24, 2.45) is 0 Å². The van der Waals surface area contributed by atoms with Crippen molar-refractivity contribution < 1.29 is 28.5 Å². The molecule has 0 aliphatic carbocycles. The summed E-state index contributed by atoms with van der Waals surface area (Å²) >= 11 is 0. The van der Waals surface area contributed by atoms with E-state index in [-0.39, 0.29) is 5.91 Å². The first-order valence-corrected chi connectivity index (χ1v) is 10.9. The van der Waals surface area contributed by atoms with Crippen LogP contribution in [0.15, 0.2) is 72.8 Å². The summed E-state index contributed by atoms with van der Waals surface area (Å²) in [5.41, 5.74) is 1.37. The van der Waals surface area contributed by atoms with E-state index in [2.05, 4.69) is 5.32 Å². The fraction of sp³-hybridized carbons (Fsp3) is 0.222. The SMILES string of the molecule is CCOc1cc(/C=C/C(=O)Nc2cc(OC)cc(OC)c2)ccc1OCCOc1ccccc1. The number of hydrogen-bond acceptors (Lipinski definition) is 6. The van der Waals surface area contributed by atoms with Gasteiger partial charge < -0.3 is 29.0 Å². The minimum Gasteiger partial charge on any atom is -0.497 e. The second-order valence-corrected chi connectivity index (χ2v) is 7.07. The first kappa shape index (κ1) is 24.5. The molecule has 7 heteroatoms. The number of rotatable bonds is 12. The molecule has 0 bridgehead atoms. The molecule has 0 radical (unpaired) electrons. The van der Waals surface area contributed by atoms with Crippen LogP contribution in [0.4, 0.5) is 5.69 Å². The number of nitrogens with one attached hydrogen (secondary N) is 1. The van der Waals surface area contributed by atoms with Crippen LogP contribution in [-0.2, 0) is 4.79 Å². The van der Waals surface area contributed by atoms with Crippen LogP contribution in [-0.4, -0.2) is 39.9 Å². The molecular formula is C27H29NO6. The maximum absolute atomic E-state index is 12.4. The Bertz CT molecular complexity index is 1080. The third-order valence-corrected chi connectivity index (χ3v) is 4.67. The highest BCUT2D eigenvalue weighted by molar-refractivity contribution is 6.02. The van der Waals surface area contributed by atoms with E-state index in [1.165, 1.54) is 6.08 Å². The zero-order valence-electron chi connectivity index (χ0n) is 19.6. The van der Waals surface area contributed by atoms with Gasteiger partial charge in [0.15, 0.2) is 11.5 Å². The average Bonchev–Trinajstić information content (AvgIpc) is 2.86. The normalized spacial score (nSPS) is 10.6. The molecule has 0 saturated carbocycles. The summed E-state index contributed by atoms with van der Waals surface area (Å²) in [6.45, 7) is 3.17. The van der Waals surface area contributed by atoms with Gasteiger partial charge in [-0.05, 0) is 42.8 Å². The van der Waals surface area contributed by atoms with Crippen LogP contribution in [0.1, 0.15) is 12.5 Å². The molecule has 0 unspecified atom stereocenters. The fourth-order valence-electron chi connectivity index (χ4n) is 3.08. The zero-order valence-corrected chi connectivity index (χ0v) is 19.6. The number of amides is 1. The molecule has 178 valence electrons. The van der Waals surface area contributed by atoms with E-state index in [1.54, 1.807) is 38.5 Å². The number of carbonyl (C=O) groups is 1. The number of para-hydroxylation sites is 1. The summed E-state index contributed by atoms with van der Waals surface area (Å²) in [5, 5.41) is 2.80. The van der Waals surface area contributed by atoms with E-state index >= 15 is 0 Å². The first-order valence-electron chi connectivity index (χ1n) is 10.9. The monoisotopic (exact) mass is 463 g/mol. The minimum atomic E-state index is -0.286. The number of ether oxygens (including phenoxy) is 5. The van der Waals surface area contributed by atoms with Crippen molar-refractivity contribution in [1.82, 2.24) is 0 Å². The Morgan fingerprint density at radius 1 is 0.794 bits per heavy atom. The second-order valence-electron chi connectivity index (χ2n) is 7.07. The number of hydrogen-bond donors (Lipinski definition) is 1. The van der Waals surface area contributed by atoms with Gasteiger partial charge in [0.2, 0.25) is 5.91 Å². The Balaban J connectivity index is 1.59. The van der Waals surface area contributed by atoms with E-state index in [4.69, 9.17) is 23.7 Å². The van der Waals surface area contributed by atoms with Gasteiger partial charge in [-0.15, -0.1) is 0 Å². The van der Waals surface area contributed by atoms with Crippen LogP contribution < -0.4 is 29.0 Å². The van der Waals surface area contributed by atoms with E-state index < -0.39 is 0 Å². The Morgan fingerprint density at radius 3 is 2.18 bits per heavy atom. The lowest BCUT2D eigenvalue weighted by atomic mass is 10.2. The van der Waals surface area contributed by atoms with Crippen molar-refractivity contribution in [1.29, 1.82) is 0 Å². The summed E-state index contributed by atoms with van der Waals surface area (Å²) in [4.78, 5) is 12.4. The molecule has 0 atom stereocenters. The lowest BCUT2D eigenvalue weighted by Crippen LogP contribution is -2.10. The Hall–Kier alpha value is -4.13. The zero-order chi connectivity index (χ0) is 24.2. The van der Waals surface area contributed by atoms with Crippen LogP contribution in [0.2, 0.25) is 0 Å². The van der Waals surface area contributed by atoms with E-state index in [1.807, 2.05) is 55.5 Å². The molecule has 0 spiro atoms. The molecule has 0 saturated heterocycles. The van der Waals surface area contributed by atoms with E-state index in [0.717, 1.165) is 11.3 Å². The van der Waals surface area contributed by atoms with E-state index in [9.17, 15) is 4.79 Å². The van der Waals surface area contributed by atoms with Crippen LogP contribution in [0.3, 0.4) is 0 Å². The van der Waals surface area contributed by atoms with Gasteiger partial charge in [-0.25, -0.2) is 0 Å². The third-order valence-electron chi connectivity index (χ3n) is 4.67. The molecule has 0 aliphatic heterocycles.